The number of nitrogens with two attached hydrogens (primary N) is 1. The van der Waals surface area contributed by atoms with E-state index in [-0.39, 0.29) is 48.0 Å². The number of ether oxygens (including phenoxy) is 1. The van der Waals surface area contributed by atoms with Gasteiger partial charge in [0.25, 0.3) is 0 Å². The van der Waals surface area contributed by atoms with E-state index >= 15 is 0 Å². The molecule has 1 heterocycles. The highest BCUT2D eigenvalue weighted by atomic mass is 35.5. The highest BCUT2D eigenvalue weighted by molar-refractivity contribution is 7.90. The molecular formula is C16H21Cl2N3O4S. The van der Waals surface area contributed by atoms with Crippen molar-refractivity contribution in [2.75, 3.05) is 6.26 Å². The lowest BCUT2D eigenvalue weighted by molar-refractivity contribution is -0.122. The number of rotatable bonds is 6. The van der Waals surface area contributed by atoms with Crippen molar-refractivity contribution in [2.24, 2.45) is 5.73 Å². The Hall–Kier alpha value is -1.87. The summed E-state index contributed by atoms with van der Waals surface area (Å²) in [6.07, 6.45) is 2.68. The molecule has 0 aliphatic heterocycles. The minimum Gasteiger partial charge on any atom is -0.439 e. The number of aromatic nitrogens is 1. The summed E-state index contributed by atoms with van der Waals surface area (Å²) >= 11 is 0. The zero-order chi connectivity index (χ0) is 17.7. The number of pyridine rings is 1. The average molecular weight is 422 g/mol. The number of carbonyl (C=O) groups is 1. The Kier molecular flexibility index (Phi) is 9.58. The first-order chi connectivity index (χ1) is 11.3. The van der Waals surface area contributed by atoms with Crippen LogP contribution in [0.4, 0.5) is 0 Å². The Labute approximate surface area is 165 Å². The Morgan fingerprint density at radius 2 is 1.96 bits per heavy atom. The second kappa shape index (κ2) is 10.3. The van der Waals surface area contributed by atoms with Gasteiger partial charge in [-0.3, -0.25) is 4.79 Å². The lowest BCUT2D eigenvalue weighted by Gasteiger charge is -2.12. The molecule has 0 fully saturated rings. The summed E-state index contributed by atoms with van der Waals surface area (Å²) in [7, 11) is -3.33. The Balaban J connectivity index is 0.00000312. The Morgan fingerprint density at radius 1 is 1.27 bits per heavy atom. The molecule has 0 bridgehead atoms. The van der Waals surface area contributed by atoms with Crippen LogP contribution in [-0.2, 0) is 21.2 Å². The molecule has 2 aromatic rings. The number of hydrogen-bond acceptors (Lipinski definition) is 6. The second-order valence-corrected chi connectivity index (χ2v) is 7.34. The maximum Gasteiger partial charge on any atom is 0.236 e. The third kappa shape index (κ3) is 6.80. The van der Waals surface area contributed by atoms with Gasteiger partial charge in [0.2, 0.25) is 11.8 Å². The molecule has 10 heteroatoms. The van der Waals surface area contributed by atoms with Crippen LogP contribution in [0.5, 0.6) is 11.6 Å². The summed E-state index contributed by atoms with van der Waals surface area (Å²) < 4.78 is 28.9. The molecule has 2 rings (SSSR count). The molecule has 7 nitrogen and oxygen atoms in total. The number of carbonyl (C=O) groups excluding carboxylic acids is 1. The van der Waals surface area contributed by atoms with E-state index < -0.39 is 15.9 Å². The van der Waals surface area contributed by atoms with Crippen molar-refractivity contribution in [3.63, 3.8) is 0 Å². The monoisotopic (exact) mass is 421 g/mol. The largest absolute Gasteiger partial charge is 0.439 e. The lowest BCUT2D eigenvalue weighted by atomic mass is 10.2. The predicted molar refractivity (Wildman–Crippen MR) is 104 cm³/mol. The van der Waals surface area contributed by atoms with E-state index in [2.05, 4.69) is 10.3 Å². The molecule has 1 atom stereocenters. The second-order valence-electron chi connectivity index (χ2n) is 5.32. The van der Waals surface area contributed by atoms with Crippen LogP contribution < -0.4 is 15.8 Å². The van der Waals surface area contributed by atoms with E-state index in [1.54, 1.807) is 37.4 Å². The van der Waals surface area contributed by atoms with Gasteiger partial charge in [-0.1, -0.05) is 12.1 Å². The summed E-state index contributed by atoms with van der Waals surface area (Å²) in [5.74, 6) is 0.341. The third-order valence-corrected chi connectivity index (χ3v) is 4.28. The molecular weight excluding hydrogens is 401 g/mol. The zero-order valence-electron chi connectivity index (χ0n) is 14.2. The fourth-order valence-corrected chi connectivity index (χ4v) is 2.53. The molecule has 1 aromatic carbocycles. The number of nitrogens with zero attached hydrogens (tertiary/aromatic N) is 1. The summed E-state index contributed by atoms with van der Waals surface area (Å²) in [5.41, 5.74) is 6.15. The Morgan fingerprint density at radius 3 is 2.58 bits per heavy atom. The van der Waals surface area contributed by atoms with Gasteiger partial charge in [0.05, 0.1) is 10.9 Å². The first kappa shape index (κ1) is 24.1. The lowest BCUT2D eigenvalue weighted by Crippen LogP contribution is -2.37. The standard InChI is InChI=1S/C16H19N3O4S.2ClH/c1-11(17)15(20)19-10-12-5-4-8-18-16(12)23-13-6-3-7-14(9-13)24(2,21)22;;/h3-9,11H,10,17H2,1-2H3,(H,19,20);2*1H/t11-;;/m1../s1. The zero-order valence-corrected chi connectivity index (χ0v) is 16.7. The van der Waals surface area contributed by atoms with Crippen molar-refractivity contribution in [3.05, 3.63) is 48.2 Å². The third-order valence-electron chi connectivity index (χ3n) is 3.16. The number of benzene rings is 1. The highest BCUT2D eigenvalue weighted by Gasteiger charge is 2.12. The van der Waals surface area contributed by atoms with E-state index in [0.29, 0.717) is 11.3 Å². The molecule has 26 heavy (non-hydrogen) atoms. The van der Waals surface area contributed by atoms with Gasteiger partial charge in [0, 0.05) is 24.6 Å². The van der Waals surface area contributed by atoms with Crippen LogP contribution in [0.1, 0.15) is 12.5 Å². The van der Waals surface area contributed by atoms with Gasteiger partial charge in [0.15, 0.2) is 9.84 Å². The number of halogens is 2. The van der Waals surface area contributed by atoms with Crippen LogP contribution in [0.25, 0.3) is 0 Å². The molecule has 3 N–H and O–H groups in total. The fourth-order valence-electron chi connectivity index (χ4n) is 1.87. The summed E-state index contributed by atoms with van der Waals surface area (Å²) in [6, 6.07) is 8.99. The number of nitrogens with one attached hydrogen (secondary N) is 1. The van der Waals surface area contributed by atoms with E-state index in [1.807, 2.05) is 0 Å². The Bertz CT molecular complexity index is 845. The molecule has 0 unspecified atom stereocenters. The molecule has 0 aliphatic rings. The van der Waals surface area contributed by atoms with Crippen LogP contribution in [0.3, 0.4) is 0 Å². The molecule has 0 saturated carbocycles. The molecule has 0 saturated heterocycles. The van der Waals surface area contributed by atoms with Crippen LogP contribution in [0.15, 0.2) is 47.5 Å². The topological polar surface area (TPSA) is 111 Å². The van der Waals surface area contributed by atoms with Gasteiger partial charge in [-0.2, -0.15) is 0 Å². The van der Waals surface area contributed by atoms with Crippen molar-refractivity contribution in [3.8, 4) is 11.6 Å². The van der Waals surface area contributed by atoms with Crippen molar-refractivity contribution in [1.82, 2.24) is 10.3 Å². The van der Waals surface area contributed by atoms with Crippen molar-refractivity contribution in [1.29, 1.82) is 0 Å². The van der Waals surface area contributed by atoms with Gasteiger partial charge < -0.3 is 15.8 Å². The minimum absolute atomic E-state index is 0. The van der Waals surface area contributed by atoms with Crippen LogP contribution in [-0.4, -0.2) is 31.6 Å². The molecule has 0 radical (unpaired) electrons. The summed E-state index contributed by atoms with van der Waals surface area (Å²) in [5, 5.41) is 2.68. The predicted octanol–water partition coefficient (Wildman–Crippen LogP) is 2.08. The highest BCUT2D eigenvalue weighted by Crippen LogP contribution is 2.25. The summed E-state index contributed by atoms with van der Waals surface area (Å²) in [4.78, 5) is 15.9. The fraction of sp³-hybridized carbons (Fsp3) is 0.250. The first-order valence-electron chi connectivity index (χ1n) is 7.22. The van der Waals surface area contributed by atoms with E-state index in [4.69, 9.17) is 10.5 Å². The normalized spacial score (nSPS) is 11.5. The molecule has 1 aromatic heterocycles. The quantitative estimate of drug-likeness (QED) is 0.738. The smallest absolute Gasteiger partial charge is 0.236 e. The van der Waals surface area contributed by atoms with Crippen molar-refractivity contribution < 1.29 is 17.9 Å². The molecule has 0 spiro atoms. The maximum absolute atomic E-state index is 11.6. The number of amides is 1. The maximum atomic E-state index is 11.6. The van der Waals surface area contributed by atoms with Gasteiger partial charge >= 0.3 is 0 Å². The van der Waals surface area contributed by atoms with E-state index in [0.717, 1.165) is 6.26 Å². The molecule has 144 valence electrons. The molecule has 0 aliphatic carbocycles. The van der Waals surface area contributed by atoms with Gasteiger partial charge in [-0.05, 0) is 31.2 Å². The van der Waals surface area contributed by atoms with E-state index in [9.17, 15) is 13.2 Å². The average Bonchev–Trinajstić information content (AvgIpc) is 2.53. The van der Waals surface area contributed by atoms with Crippen LogP contribution >= 0.6 is 24.8 Å². The minimum atomic E-state index is -3.33. The van der Waals surface area contributed by atoms with Crippen LogP contribution in [0, 0.1) is 0 Å². The number of sulfone groups is 1. The van der Waals surface area contributed by atoms with Gasteiger partial charge in [-0.15, -0.1) is 24.8 Å². The van der Waals surface area contributed by atoms with Crippen LogP contribution in [0.2, 0.25) is 0 Å². The van der Waals surface area contributed by atoms with Crippen molar-refractivity contribution >= 4 is 40.6 Å². The van der Waals surface area contributed by atoms with E-state index in [1.165, 1.54) is 12.1 Å². The molecule has 1 amide bonds. The van der Waals surface area contributed by atoms with Gasteiger partial charge in [-0.25, -0.2) is 13.4 Å². The van der Waals surface area contributed by atoms with Crippen molar-refractivity contribution in [2.45, 2.75) is 24.4 Å². The summed E-state index contributed by atoms with van der Waals surface area (Å²) in [6.45, 7) is 1.79. The SMILES string of the molecule is C[C@@H](N)C(=O)NCc1cccnc1Oc1cccc(S(C)(=O)=O)c1.Cl.Cl. The first-order valence-corrected chi connectivity index (χ1v) is 9.11. The number of hydrogen-bond donors (Lipinski definition) is 2. The van der Waals surface area contributed by atoms with Gasteiger partial charge in [0.1, 0.15) is 5.75 Å².